The molecule has 0 heterocycles. The van der Waals surface area contributed by atoms with Gasteiger partial charge in [0.25, 0.3) is 0 Å². The molecule has 0 unspecified atom stereocenters. The van der Waals surface area contributed by atoms with Crippen LogP contribution in [-0.4, -0.2) is 25.7 Å². The van der Waals surface area contributed by atoms with E-state index in [0.29, 0.717) is 0 Å². The van der Waals surface area contributed by atoms with E-state index in [0.717, 1.165) is 37.7 Å². The van der Waals surface area contributed by atoms with Gasteiger partial charge in [-0.15, -0.1) is 0 Å². The first-order chi connectivity index (χ1) is 9.05. The molecule has 106 valence electrons. The van der Waals surface area contributed by atoms with Crippen molar-refractivity contribution >= 4 is 10.0 Å². The van der Waals surface area contributed by atoms with Crippen molar-refractivity contribution in [1.82, 2.24) is 4.72 Å². The summed E-state index contributed by atoms with van der Waals surface area (Å²) in [4.78, 5) is 0. The molecule has 1 aromatic carbocycles. The highest BCUT2D eigenvalue weighted by molar-refractivity contribution is 7.88. The normalized spacial score (nSPS) is 19.2. The highest BCUT2D eigenvalue weighted by atomic mass is 32.2. The number of aliphatic hydroxyl groups excluding tert-OH is 1. The van der Waals surface area contributed by atoms with Crippen LogP contribution in [0, 0.1) is 0 Å². The van der Waals surface area contributed by atoms with Crippen molar-refractivity contribution in [3.05, 3.63) is 35.9 Å². The van der Waals surface area contributed by atoms with E-state index in [-0.39, 0.29) is 12.4 Å². The Morgan fingerprint density at radius 2 is 1.74 bits per heavy atom. The molecule has 0 aromatic heterocycles. The summed E-state index contributed by atoms with van der Waals surface area (Å²) < 4.78 is 27.1. The fourth-order valence-electron chi connectivity index (χ4n) is 2.68. The van der Waals surface area contributed by atoms with Crippen LogP contribution in [0.3, 0.4) is 0 Å². The zero-order chi connectivity index (χ0) is 13.8. The molecule has 2 rings (SSSR count). The van der Waals surface area contributed by atoms with Crippen LogP contribution in [0.25, 0.3) is 0 Å². The second kappa shape index (κ2) is 6.03. The molecule has 1 fully saturated rings. The van der Waals surface area contributed by atoms with Crippen LogP contribution in [0.1, 0.15) is 37.7 Å². The van der Waals surface area contributed by atoms with Crippen molar-refractivity contribution < 1.29 is 13.5 Å². The molecule has 0 amide bonds. The molecule has 0 bridgehead atoms. The minimum atomic E-state index is -3.41. The van der Waals surface area contributed by atoms with Crippen LogP contribution in [0.15, 0.2) is 30.3 Å². The summed E-state index contributed by atoms with van der Waals surface area (Å²) in [5.74, 6) is -0.0322. The molecule has 1 aromatic rings. The minimum absolute atomic E-state index is 0.0322. The standard InChI is InChI=1S/C14H21NO3S/c16-12-14(9-5-2-6-10-14)15-19(17,18)11-13-7-3-1-4-8-13/h1,3-4,7-8,15-16H,2,5-6,9-12H2. The van der Waals surface area contributed by atoms with Gasteiger partial charge in [0.05, 0.1) is 17.9 Å². The van der Waals surface area contributed by atoms with E-state index in [1.807, 2.05) is 18.2 Å². The Balaban J connectivity index is 2.07. The van der Waals surface area contributed by atoms with E-state index in [9.17, 15) is 13.5 Å². The van der Waals surface area contributed by atoms with Gasteiger partial charge in [-0.1, -0.05) is 49.6 Å². The van der Waals surface area contributed by atoms with Crippen molar-refractivity contribution in [2.45, 2.75) is 43.4 Å². The smallest absolute Gasteiger partial charge is 0.216 e. The first kappa shape index (κ1) is 14.5. The van der Waals surface area contributed by atoms with Gasteiger partial charge in [-0.25, -0.2) is 13.1 Å². The van der Waals surface area contributed by atoms with Crippen LogP contribution >= 0.6 is 0 Å². The Hall–Kier alpha value is -0.910. The average molecular weight is 283 g/mol. The first-order valence-corrected chi connectivity index (χ1v) is 8.37. The largest absolute Gasteiger partial charge is 0.394 e. The lowest BCUT2D eigenvalue weighted by Gasteiger charge is -2.36. The molecule has 0 atom stereocenters. The number of rotatable bonds is 5. The molecule has 2 N–H and O–H groups in total. The van der Waals surface area contributed by atoms with Gasteiger partial charge in [0.2, 0.25) is 10.0 Å². The van der Waals surface area contributed by atoms with Crippen LogP contribution in [-0.2, 0) is 15.8 Å². The summed E-state index contributed by atoms with van der Waals surface area (Å²) in [6.45, 7) is -0.124. The number of benzene rings is 1. The molecular formula is C14H21NO3S. The zero-order valence-corrected chi connectivity index (χ0v) is 11.8. The second-order valence-electron chi connectivity index (χ2n) is 5.35. The van der Waals surface area contributed by atoms with Gasteiger partial charge in [-0.2, -0.15) is 0 Å². The molecule has 0 saturated heterocycles. The summed E-state index contributed by atoms with van der Waals surface area (Å²) in [6, 6.07) is 9.11. The molecular weight excluding hydrogens is 262 g/mol. The summed E-state index contributed by atoms with van der Waals surface area (Å²) in [6.07, 6.45) is 4.49. The molecule has 4 nitrogen and oxygen atoms in total. The molecule has 19 heavy (non-hydrogen) atoms. The number of sulfonamides is 1. The van der Waals surface area contributed by atoms with E-state index in [2.05, 4.69) is 4.72 Å². The summed E-state index contributed by atoms with van der Waals surface area (Å²) >= 11 is 0. The van der Waals surface area contributed by atoms with Crippen LogP contribution < -0.4 is 4.72 Å². The highest BCUT2D eigenvalue weighted by Gasteiger charge is 2.35. The lowest BCUT2D eigenvalue weighted by atomic mass is 9.83. The summed E-state index contributed by atoms with van der Waals surface area (Å²) in [5, 5.41) is 9.54. The number of hydrogen-bond donors (Lipinski definition) is 2. The molecule has 1 saturated carbocycles. The van der Waals surface area contributed by atoms with Crippen LogP contribution in [0.5, 0.6) is 0 Å². The van der Waals surface area contributed by atoms with Crippen LogP contribution in [0.2, 0.25) is 0 Å². The maximum Gasteiger partial charge on any atom is 0.216 e. The third-order valence-electron chi connectivity index (χ3n) is 3.68. The van der Waals surface area contributed by atoms with Gasteiger partial charge < -0.3 is 5.11 Å². The summed E-state index contributed by atoms with van der Waals surface area (Å²) in [7, 11) is -3.41. The highest BCUT2D eigenvalue weighted by Crippen LogP contribution is 2.28. The lowest BCUT2D eigenvalue weighted by molar-refractivity contribution is 0.142. The summed E-state index contributed by atoms with van der Waals surface area (Å²) in [5.41, 5.74) is 0.116. The fraction of sp³-hybridized carbons (Fsp3) is 0.571. The second-order valence-corrected chi connectivity index (χ2v) is 7.07. The SMILES string of the molecule is O=S(=O)(Cc1ccccc1)NC1(CO)CCCCC1. The maximum atomic E-state index is 12.2. The quantitative estimate of drug-likeness (QED) is 0.866. The molecule has 0 spiro atoms. The Kier molecular flexibility index (Phi) is 4.60. The van der Waals surface area contributed by atoms with E-state index < -0.39 is 15.6 Å². The van der Waals surface area contributed by atoms with Gasteiger partial charge in [-0.05, 0) is 18.4 Å². The van der Waals surface area contributed by atoms with E-state index in [4.69, 9.17) is 0 Å². The van der Waals surface area contributed by atoms with Crippen molar-refractivity contribution in [3.63, 3.8) is 0 Å². The number of aliphatic hydroxyl groups is 1. The van der Waals surface area contributed by atoms with E-state index in [1.54, 1.807) is 12.1 Å². The van der Waals surface area contributed by atoms with Gasteiger partial charge in [0.1, 0.15) is 0 Å². The first-order valence-electron chi connectivity index (χ1n) is 6.72. The molecule has 5 heteroatoms. The number of hydrogen-bond acceptors (Lipinski definition) is 3. The van der Waals surface area contributed by atoms with Gasteiger partial charge in [0.15, 0.2) is 0 Å². The fourth-order valence-corrected chi connectivity index (χ4v) is 4.31. The molecule has 0 radical (unpaired) electrons. The minimum Gasteiger partial charge on any atom is -0.394 e. The van der Waals surface area contributed by atoms with Gasteiger partial charge in [-0.3, -0.25) is 0 Å². The predicted molar refractivity (Wildman–Crippen MR) is 75.1 cm³/mol. The van der Waals surface area contributed by atoms with Crippen molar-refractivity contribution in [2.75, 3.05) is 6.61 Å². The Morgan fingerprint density at radius 3 is 2.32 bits per heavy atom. The Bertz CT molecular complexity index is 493. The number of nitrogens with one attached hydrogen (secondary N) is 1. The zero-order valence-electron chi connectivity index (χ0n) is 11.0. The average Bonchev–Trinajstić information content (AvgIpc) is 2.40. The van der Waals surface area contributed by atoms with Crippen molar-refractivity contribution in [1.29, 1.82) is 0 Å². The Labute approximate surface area is 114 Å². The van der Waals surface area contributed by atoms with Crippen molar-refractivity contribution in [3.8, 4) is 0 Å². The predicted octanol–water partition coefficient (Wildman–Crippen LogP) is 1.80. The van der Waals surface area contributed by atoms with E-state index in [1.165, 1.54) is 0 Å². The maximum absolute atomic E-state index is 12.2. The third-order valence-corrected chi connectivity index (χ3v) is 5.14. The topological polar surface area (TPSA) is 66.4 Å². The molecule has 1 aliphatic rings. The molecule has 1 aliphatic carbocycles. The third kappa shape index (κ3) is 4.03. The molecule has 0 aliphatic heterocycles. The van der Waals surface area contributed by atoms with E-state index >= 15 is 0 Å². The van der Waals surface area contributed by atoms with Crippen molar-refractivity contribution in [2.24, 2.45) is 0 Å². The monoisotopic (exact) mass is 283 g/mol. The van der Waals surface area contributed by atoms with Gasteiger partial charge >= 0.3 is 0 Å². The lowest BCUT2D eigenvalue weighted by Crippen LogP contribution is -2.52. The van der Waals surface area contributed by atoms with Gasteiger partial charge in [0, 0.05) is 0 Å². The Morgan fingerprint density at radius 1 is 1.11 bits per heavy atom. The van der Waals surface area contributed by atoms with Crippen LogP contribution in [0.4, 0.5) is 0 Å².